The number of carbonyl (C=O) groups excluding carboxylic acids is 1. The van der Waals surface area contributed by atoms with E-state index in [1.807, 2.05) is 11.8 Å². The molecule has 1 aliphatic heterocycles. The minimum absolute atomic E-state index is 0.0716. The molecule has 162 valence electrons. The summed E-state index contributed by atoms with van der Waals surface area (Å²) in [7, 11) is 1.72. The van der Waals surface area contributed by atoms with Gasteiger partial charge in [0.25, 0.3) is 5.69 Å². The lowest BCUT2D eigenvalue weighted by molar-refractivity contribution is -0.384. The summed E-state index contributed by atoms with van der Waals surface area (Å²) >= 11 is 1.39. The number of nitro groups is 1. The van der Waals surface area contributed by atoms with Gasteiger partial charge < -0.3 is 14.4 Å². The number of rotatable bonds is 6. The van der Waals surface area contributed by atoms with E-state index in [-0.39, 0.29) is 22.9 Å². The van der Waals surface area contributed by atoms with E-state index in [4.69, 9.17) is 0 Å². The largest absolute Gasteiger partial charge is 0.364 e. The van der Waals surface area contributed by atoms with Crippen molar-refractivity contribution in [2.24, 2.45) is 7.05 Å². The van der Waals surface area contributed by atoms with E-state index in [2.05, 4.69) is 19.2 Å². The fraction of sp³-hybridized carbons (Fsp3) is 0.400. The fourth-order valence-corrected chi connectivity index (χ4v) is 4.46. The minimum atomic E-state index is -0.425. The number of nitrogens with zero attached hydrogens (tertiary/aromatic N) is 7. The summed E-state index contributed by atoms with van der Waals surface area (Å²) in [6.07, 6.45) is 4.83. The Balaban J connectivity index is 1.56. The van der Waals surface area contributed by atoms with E-state index in [1.54, 1.807) is 29.9 Å². The van der Waals surface area contributed by atoms with Crippen LogP contribution in [-0.4, -0.2) is 55.8 Å². The molecule has 31 heavy (non-hydrogen) atoms. The van der Waals surface area contributed by atoms with Gasteiger partial charge in [-0.3, -0.25) is 14.9 Å². The molecule has 0 spiro atoms. The number of hydrogen-bond acceptors (Lipinski definition) is 9. The number of benzene rings is 1. The van der Waals surface area contributed by atoms with E-state index < -0.39 is 4.92 Å². The maximum Gasteiger partial charge on any atom is 0.293 e. The zero-order valence-electron chi connectivity index (χ0n) is 17.4. The van der Waals surface area contributed by atoms with Crippen LogP contribution < -0.4 is 9.80 Å². The summed E-state index contributed by atoms with van der Waals surface area (Å²) < 4.78 is 5.96. The van der Waals surface area contributed by atoms with Crippen molar-refractivity contribution in [3.63, 3.8) is 0 Å². The molecule has 0 amide bonds. The topological polar surface area (TPSA) is 110 Å². The minimum Gasteiger partial charge on any atom is -0.364 e. The lowest BCUT2D eigenvalue weighted by Gasteiger charge is -2.23. The van der Waals surface area contributed by atoms with Gasteiger partial charge >= 0.3 is 0 Å². The third kappa shape index (κ3) is 4.26. The Labute approximate surface area is 183 Å². The van der Waals surface area contributed by atoms with Gasteiger partial charge in [-0.05, 0) is 18.6 Å². The van der Waals surface area contributed by atoms with Crippen LogP contribution in [0, 0.1) is 10.1 Å². The lowest BCUT2D eigenvalue weighted by Crippen LogP contribution is -2.31. The molecule has 1 aromatic carbocycles. The fourth-order valence-electron chi connectivity index (χ4n) is 3.66. The first-order valence-electron chi connectivity index (χ1n) is 10.1. The van der Waals surface area contributed by atoms with E-state index in [0.717, 1.165) is 30.3 Å². The third-order valence-corrected chi connectivity index (χ3v) is 6.15. The highest BCUT2D eigenvalue weighted by Gasteiger charge is 2.26. The summed E-state index contributed by atoms with van der Waals surface area (Å²) in [5.41, 5.74) is 0.703. The van der Waals surface area contributed by atoms with Gasteiger partial charge in [0.05, 0.1) is 4.92 Å². The molecule has 3 aromatic rings. The van der Waals surface area contributed by atoms with E-state index in [9.17, 15) is 14.9 Å². The van der Waals surface area contributed by atoms with E-state index >= 15 is 0 Å². The first-order chi connectivity index (χ1) is 15.0. The van der Waals surface area contributed by atoms with Gasteiger partial charge in [-0.15, -0.1) is 0 Å². The van der Waals surface area contributed by atoms with Gasteiger partial charge in [-0.2, -0.15) is 4.37 Å². The summed E-state index contributed by atoms with van der Waals surface area (Å²) in [4.78, 5) is 36.9. The third-order valence-electron chi connectivity index (χ3n) is 5.34. The molecule has 1 fully saturated rings. The van der Waals surface area contributed by atoms with Gasteiger partial charge in [-0.25, -0.2) is 9.97 Å². The molecular formula is C20H23N7O3S. The maximum absolute atomic E-state index is 12.7. The molecule has 3 heterocycles. The van der Waals surface area contributed by atoms with Gasteiger partial charge in [0, 0.05) is 75.2 Å². The van der Waals surface area contributed by atoms with Crippen LogP contribution in [-0.2, 0) is 13.5 Å². The highest BCUT2D eigenvalue weighted by molar-refractivity contribution is 7.09. The normalized spacial score (nSPS) is 14.5. The molecular weight excluding hydrogens is 418 g/mol. The number of ketones is 1. The van der Waals surface area contributed by atoms with Crippen LogP contribution in [0.1, 0.15) is 35.4 Å². The summed E-state index contributed by atoms with van der Waals surface area (Å²) in [5, 5.41) is 12.7. The van der Waals surface area contributed by atoms with Gasteiger partial charge in [0.2, 0.25) is 10.9 Å². The molecule has 1 saturated heterocycles. The predicted octanol–water partition coefficient (Wildman–Crippen LogP) is 2.69. The quantitative estimate of drug-likeness (QED) is 0.326. The second-order valence-electron chi connectivity index (χ2n) is 7.33. The van der Waals surface area contributed by atoms with Crippen molar-refractivity contribution in [3.8, 4) is 0 Å². The predicted molar refractivity (Wildman–Crippen MR) is 118 cm³/mol. The van der Waals surface area contributed by atoms with E-state index in [1.165, 1.54) is 23.8 Å². The smallest absolute Gasteiger partial charge is 0.293 e. The Hall–Kier alpha value is -3.34. The summed E-state index contributed by atoms with van der Waals surface area (Å²) in [6.45, 7) is 4.84. The van der Waals surface area contributed by atoms with Crippen molar-refractivity contribution in [1.29, 1.82) is 0 Å². The van der Waals surface area contributed by atoms with Gasteiger partial charge in [0.1, 0.15) is 11.5 Å². The first kappa shape index (κ1) is 20.9. The Morgan fingerprint density at radius 2 is 2.00 bits per heavy atom. The first-order valence-corrected chi connectivity index (χ1v) is 10.9. The summed E-state index contributed by atoms with van der Waals surface area (Å²) in [6, 6.07) is 4.66. The zero-order valence-corrected chi connectivity index (χ0v) is 18.2. The molecule has 4 rings (SSSR count). The Morgan fingerprint density at radius 3 is 2.68 bits per heavy atom. The van der Waals surface area contributed by atoms with Crippen LogP contribution in [0.25, 0.3) is 0 Å². The second kappa shape index (κ2) is 8.80. The standard InChI is InChI=1S/C20H23N7O3S/c1-3-17-22-20(31-23-17)26-9-4-8-25(11-12-26)15-6-5-14(13-16(15)27(29)30)18(28)19-21-7-10-24(19)2/h5-7,10,13H,3-4,8-9,11-12H2,1-2H3. The average Bonchev–Trinajstić information content (AvgIpc) is 3.35. The number of aromatic nitrogens is 4. The monoisotopic (exact) mass is 441 g/mol. The van der Waals surface area contributed by atoms with Crippen molar-refractivity contribution in [2.45, 2.75) is 19.8 Å². The summed E-state index contributed by atoms with van der Waals surface area (Å²) in [5.74, 6) is 0.743. The second-order valence-corrected chi connectivity index (χ2v) is 8.06. The van der Waals surface area contributed by atoms with Gasteiger partial charge in [0.15, 0.2) is 5.82 Å². The van der Waals surface area contributed by atoms with Crippen molar-refractivity contribution in [2.75, 3.05) is 36.0 Å². The number of nitro benzene ring substituents is 1. The van der Waals surface area contributed by atoms with Crippen LogP contribution in [0.15, 0.2) is 30.6 Å². The number of aryl methyl sites for hydroxylation is 2. The molecule has 10 nitrogen and oxygen atoms in total. The molecule has 0 saturated carbocycles. The molecule has 0 atom stereocenters. The maximum atomic E-state index is 12.7. The molecule has 1 aliphatic rings. The SMILES string of the molecule is CCc1nsc(N2CCCN(c3ccc(C(=O)c4nccn4C)cc3[N+](=O)[O-])CC2)n1. The number of carbonyl (C=O) groups is 1. The molecule has 0 bridgehead atoms. The Bertz CT molecular complexity index is 1110. The zero-order chi connectivity index (χ0) is 22.0. The van der Waals surface area contributed by atoms with Crippen molar-refractivity contribution >= 4 is 33.8 Å². The van der Waals surface area contributed by atoms with Crippen LogP contribution in [0.2, 0.25) is 0 Å². The molecule has 0 N–H and O–H groups in total. The highest BCUT2D eigenvalue weighted by atomic mass is 32.1. The molecule has 2 aromatic heterocycles. The van der Waals surface area contributed by atoms with Gasteiger partial charge in [-0.1, -0.05) is 6.92 Å². The molecule has 11 heteroatoms. The highest BCUT2D eigenvalue weighted by Crippen LogP contribution is 2.31. The number of anilines is 2. The van der Waals surface area contributed by atoms with Crippen molar-refractivity contribution < 1.29 is 9.72 Å². The van der Waals surface area contributed by atoms with Crippen LogP contribution in [0.5, 0.6) is 0 Å². The Kier molecular flexibility index (Phi) is 5.94. The van der Waals surface area contributed by atoms with Crippen molar-refractivity contribution in [3.05, 3.63) is 57.9 Å². The number of hydrogen-bond donors (Lipinski definition) is 0. The van der Waals surface area contributed by atoms with Crippen molar-refractivity contribution in [1.82, 2.24) is 18.9 Å². The average molecular weight is 442 g/mol. The number of imidazole rings is 1. The van der Waals surface area contributed by atoms with E-state index in [0.29, 0.717) is 25.3 Å². The lowest BCUT2D eigenvalue weighted by atomic mass is 10.1. The van der Waals surface area contributed by atoms with Crippen LogP contribution >= 0.6 is 11.5 Å². The van der Waals surface area contributed by atoms with Crippen LogP contribution in [0.4, 0.5) is 16.5 Å². The van der Waals surface area contributed by atoms with Crippen LogP contribution in [0.3, 0.4) is 0 Å². The Morgan fingerprint density at radius 1 is 1.23 bits per heavy atom. The molecule has 0 unspecified atom stereocenters. The molecule has 0 aliphatic carbocycles. The molecule has 0 radical (unpaired) electrons.